The van der Waals surface area contributed by atoms with Crippen molar-refractivity contribution < 1.29 is 14.6 Å². The van der Waals surface area contributed by atoms with E-state index in [9.17, 15) is 4.79 Å². The predicted octanol–water partition coefficient (Wildman–Crippen LogP) is 3.26. The van der Waals surface area contributed by atoms with Crippen LogP contribution in [0.3, 0.4) is 0 Å². The number of hydrogen-bond acceptors (Lipinski definition) is 3. The molecule has 0 atom stereocenters. The summed E-state index contributed by atoms with van der Waals surface area (Å²) in [5.41, 5.74) is 0. The number of amides is 1. The molecule has 0 aromatic rings. The zero-order valence-electron chi connectivity index (χ0n) is 13.9. The summed E-state index contributed by atoms with van der Waals surface area (Å²) < 4.78 is 5.90. The van der Waals surface area contributed by atoms with E-state index in [0.29, 0.717) is 6.10 Å². The quantitative estimate of drug-likeness (QED) is 0.454. The molecule has 1 rings (SSSR count). The van der Waals surface area contributed by atoms with Crippen LogP contribution >= 0.6 is 0 Å². The van der Waals surface area contributed by atoms with Crippen LogP contribution in [0.15, 0.2) is 12.7 Å². The molecule has 0 saturated heterocycles. The summed E-state index contributed by atoms with van der Waals surface area (Å²) in [5, 5.41) is 11.3. The van der Waals surface area contributed by atoms with Crippen molar-refractivity contribution in [3.63, 3.8) is 0 Å². The van der Waals surface area contributed by atoms with E-state index in [0.717, 1.165) is 51.8 Å². The molecule has 5 nitrogen and oxygen atoms in total. The molecule has 128 valence electrons. The Hall–Kier alpha value is -1.07. The van der Waals surface area contributed by atoms with Gasteiger partial charge in [0.05, 0.1) is 6.10 Å². The highest BCUT2D eigenvalue weighted by Gasteiger charge is 2.22. The maximum Gasteiger partial charge on any atom is 0.404 e. The second-order valence-electron chi connectivity index (χ2n) is 6.26. The van der Waals surface area contributed by atoms with Gasteiger partial charge in [0.1, 0.15) is 0 Å². The van der Waals surface area contributed by atoms with Crippen molar-refractivity contribution in [2.24, 2.45) is 0 Å². The van der Waals surface area contributed by atoms with Gasteiger partial charge in [-0.25, -0.2) is 4.79 Å². The van der Waals surface area contributed by atoms with Gasteiger partial charge in [-0.05, 0) is 52.1 Å². The van der Waals surface area contributed by atoms with Crippen LogP contribution in [0.4, 0.5) is 4.79 Å². The summed E-state index contributed by atoms with van der Waals surface area (Å²) in [6.07, 6.45) is 9.91. The van der Waals surface area contributed by atoms with Gasteiger partial charge in [-0.1, -0.05) is 18.9 Å². The molecule has 1 aliphatic carbocycles. The molecule has 0 bridgehead atoms. The van der Waals surface area contributed by atoms with Gasteiger partial charge >= 0.3 is 6.09 Å². The fourth-order valence-corrected chi connectivity index (χ4v) is 2.95. The van der Waals surface area contributed by atoms with E-state index in [-0.39, 0.29) is 6.04 Å². The number of carbonyl (C=O) groups is 1. The molecular weight excluding hydrogens is 280 g/mol. The molecule has 2 N–H and O–H groups in total. The topological polar surface area (TPSA) is 61.8 Å². The van der Waals surface area contributed by atoms with Crippen molar-refractivity contribution in [2.75, 3.05) is 26.7 Å². The molecule has 22 heavy (non-hydrogen) atoms. The van der Waals surface area contributed by atoms with Crippen molar-refractivity contribution in [3.05, 3.63) is 12.7 Å². The normalized spacial score (nSPS) is 21.7. The Bertz CT molecular complexity index is 315. The van der Waals surface area contributed by atoms with Crippen LogP contribution in [0.2, 0.25) is 0 Å². The van der Waals surface area contributed by atoms with Gasteiger partial charge in [0.2, 0.25) is 0 Å². The average Bonchev–Trinajstić information content (AvgIpc) is 2.47. The third kappa shape index (κ3) is 9.05. The fourth-order valence-electron chi connectivity index (χ4n) is 2.95. The molecule has 1 fully saturated rings. The number of ether oxygens (including phenoxy) is 1. The molecule has 1 amide bonds. The Morgan fingerprint density at radius 1 is 1.27 bits per heavy atom. The Balaban J connectivity index is 1.91. The van der Waals surface area contributed by atoms with Crippen LogP contribution in [0.1, 0.15) is 51.4 Å². The monoisotopic (exact) mass is 312 g/mol. The average molecular weight is 312 g/mol. The van der Waals surface area contributed by atoms with Gasteiger partial charge in [0.25, 0.3) is 0 Å². The molecule has 5 heteroatoms. The predicted molar refractivity (Wildman–Crippen MR) is 89.3 cm³/mol. The molecular formula is C17H32N2O3. The maximum atomic E-state index is 10.6. The van der Waals surface area contributed by atoms with Crippen molar-refractivity contribution in [1.29, 1.82) is 0 Å². The third-order valence-corrected chi connectivity index (χ3v) is 4.23. The van der Waals surface area contributed by atoms with E-state index in [4.69, 9.17) is 9.84 Å². The number of nitrogens with one attached hydrogen (secondary N) is 1. The summed E-state index contributed by atoms with van der Waals surface area (Å²) >= 11 is 0. The van der Waals surface area contributed by atoms with Gasteiger partial charge < -0.3 is 20.1 Å². The summed E-state index contributed by atoms with van der Waals surface area (Å²) in [7, 11) is 2.13. The number of likely N-dealkylation sites (N-methyl/N-ethyl adjacent to an activating group) is 1. The highest BCUT2D eigenvalue weighted by Crippen LogP contribution is 2.21. The van der Waals surface area contributed by atoms with Crippen molar-refractivity contribution in [1.82, 2.24) is 10.2 Å². The molecule has 0 aromatic carbocycles. The van der Waals surface area contributed by atoms with Crippen molar-refractivity contribution in [2.45, 2.75) is 63.5 Å². The van der Waals surface area contributed by atoms with Crippen LogP contribution in [0, 0.1) is 0 Å². The third-order valence-electron chi connectivity index (χ3n) is 4.23. The first kappa shape index (κ1) is 19.0. The molecule has 1 saturated carbocycles. The van der Waals surface area contributed by atoms with E-state index < -0.39 is 6.09 Å². The molecule has 1 aliphatic rings. The first-order valence-electron chi connectivity index (χ1n) is 8.52. The standard InChI is InChI=1S/C17H32N2O3/c1-3-12-19(2)13-6-4-5-7-14-22-16-10-8-15(9-11-16)18-17(20)21/h3,15-16,18H,1,4-14H2,2H3,(H,20,21). The number of carboxylic acid groups (broad SMARTS) is 1. The maximum absolute atomic E-state index is 10.6. The van der Waals surface area contributed by atoms with Crippen LogP contribution in [0.25, 0.3) is 0 Å². The Morgan fingerprint density at radius 2 is 1.95 bits per heavy atom. The lowest BCUT2D eigenvalue weighted by Crippen LogP contribution is -2.38. The molecule has 0 spiro atoms. The highest BCUT2D eigenvalue weighted by atomic mass is 16.5. The number of nitrogens with zero attached hydrogens (tertiary/aromatic N) is 1. The lowest BCUT2D eigenvalue weighted by molar-refractivity contribution is 0.0206. The van der Waals surface area contributed by atoms with E-state index in [2.05, 4.69) is 23.8 Å². The summed E-state index contributed by atoms with van der Waals surface area (Å²) in [6.45, 7) is 6.67. The minimum absolute atomic E-state index is 0.116. The number of hydrogen-bond donors (Lipinski definition) is 2. The minimum atomic E-state index is -0.914. The summed E-state index contributed by atoms with van der Waals surface area (Å²) in [6, 6.07) is 0.116. The minimum Gasteiger partial charge on any atom is -0.465 e. The van der Waals surface area contributed by atoms with Gasteiger partial charge in [0.15, 0.2) is 0 Å². The van der Waals surface area contributed by atoms with Crippen molar-refractivity contribution in [3.8, 4) is 0 Å². The second-order valence-corrected chi connectivity index (χ2v) is 6.26. The number of rotatable bonds is 11. The fraction of sp³-hybridized carbons (Fsp3) is 0.824. The van der Waals surface area contributed by atoms with Crippen LogP contribution in [-0.2, 0) is 4.74 Å². The van der Waals surface area contributed by atoms with Gasteiger partial charge in [-0.2, -0.15) is 0 Å². The van der Waals surface area contributed by atoms with Crippen LogP contribution in [-0.4, -0.2) is 55.0 Å². The summed E-state index contributed by atoms with van der Waals surface area (Å²) in [4.78, 5) is 12.9. The zero-order valence-corrected chi connectivity index (χ0v) is 13.9. The van der Waals surface area contributed by atoms with E-state index in [1.807, 2.05) is 6.08 Å². The zero-order chi connectivity index (χ0) is 16.2. The largest absolute Gasteiger partial charge is 0.465 e. The summed E-state index contributed by atoms with van der Waals surface area (Å²) in [5.74, 6) is 0. The number of unbranched alkanes of at least 4 members (excludes halogenated alkanes) is 3. The SMILES string of the molecule is C=CCN(C)CCCCCCOC1CCC(NC(=O)O)CC1. The smallest absolute Gasteiger partial charge is 0.404 e. The van der Waals surface area contributed by atoms with E-state index >= 15 is 0 Å². The van der Waals surface area contributed by atoms with E-state index in [1.165, 1.54) is 19.3 Å². The highest BCUT2D eigenvalue weighted by molar-refractivity contribution is 5.64. The Morgan fingerprint density at radius 3 is 2.59 bits per heavy atom. The Labute approximate surface area is 134 Å². The molecule has 0 aliphatic heterocycles. The van der Waals surface area contributed by atoms with E-state index in [1.54, 1.807) is 0 Å². The molecule has 0 radical (unpaired) electrons. The Kier molecular flexibility index (Phi) is 9.91. The first-order valence-corrected chi connectivity index (χ1v) is 8.52. The molecule has 0 heterocycles. The van der Waals surface area contributed by atoms with Gasteiger partial charge in [0, 0.05) is 19.2 Å². The van der Waals surface area contributed by atoms with Crippen LogP contribution in [0.5, 0.6) is 0 Å². The first-order chi connectivity index (χ1) is 10.6. The second kappa shape index (κ2) is 11.5. The lowest BCUT2D eigenvalue weighted by atomic mass is 9.93. The van der Waals surface area contributed by atoms with Crippen LogP contribution < -0.4 is 5.32 Å². The van der Waals surface area contributed by atoms with Gasteiger partial charge in [-0.15, -0.1) is 6.58 Å². The molecule has 0 unspecified atom stereocenters. The molecule has 0 aromatic heterocycles. The lowest BCUT2D eigenvalue weighted by Gasteiger charge is -2.28. The van der Waals surface area contributed by atoms with Crippen molar-refractivity contribution >= 4 is 6.09 Å². The van der Waals surface area contributed by atoms with Gasteiger partial charge in [-0.3, -0.25) is 0 Å².